The van der Waals surface area contributed by atoms with Gasteiger partial charge in [0.2, 0.25) is 0 Å². The fourth-order valence-electron chi connectivity index (χ4n) is 6.20. The summed E-state index contributed by atoms with van der Waals surface area (Å²) in [5.74, 6) is 0. The summed E-state index contributed by atoms with van der Waals surface area (Å²) in [7, 11) is 0. The summed E-state index contributed by atoms with van der Waals surface area (Å²) in [4.78, 5) is 0. The van der Waals surface area contributed by atoms with E-state index in [2.05, 4.69) is 5.32 Å². The molecule has 4 aliphatic heterocycles. The van der Waals surface area contributed by atoms with Gasteiger partial charge >= 0.3 is 0 Å². The van der Waals surface area contributed by atoms with Gasteiger partial charge in [0.15, 0.2) is 18.9 Å². The van der Waals surface area contributed by atoms with Crippen LogP contribution in [-0.4, -0.2) is 167 Å². The summed E-state index contributed by atoms with van der Waals surface area (Å²) in [5.41, 5.74) is 30.0. The van der Waals surface area contributed by atoms with E-state index < -0.39 is 116 Å². The first kappa shape index (κ1) is 31.7. The number of fused-ring (bicyclic) bond motifs is 4. The summed E-state index contributed by atoms with van der Waals surface area (Å²) in [6.45, 7) is -0.347. The third-order valence-corrected chi connectivity index (χ3v) is 8.70. The Hall–Kier alpha value is -0.720. The lowest BCUT2D eigenvalue weighted by atomic mass is 9.84. The van der Waals surface area contributed by atoms with Crippen molar-refractivity contribution in [1.82, 2.24) is 5.32 Å². The molecule has 0 aromatic heterocycles. The molecule has 0 radical (unpaired) electrons. The second kappa shape index (κ2) is 12.7. The molecule has 4 saturated heterocycles. The van der Waals surface area contributed by atoms with Gasteiger partial charge in [-0.25, -0.2) is 0 Å². The first-order valence-electron chi connectivity index (χ1n) is 13.9. The molecule has 5 aliphatic rings. The van der Waals surface area contributed by atoms with Crippen LogP contribution in [0.1, 0.15) is 6.42 Å². The van der Waals surface area contributed by atoms with Crippen LogP contribution in [0.4, 0.5) is 0 Å². The van der Waals surface area contributed by atoms with Gasteiger partial charge in [-0.05, 0) is 6.42 Å². The number of aliphatic hydroxyl groups excluding tert-OH is 6. The number of aliphatic hydroxyl groups is 6. The van der Waals surface area contributed by atoms with Crippen LogP contribution < -0.4 is 34.0 Å². The van der Waals surface area contributed by atoms with E-state index in [1.165, 1.54) is 0 Å². The molecule has 4 heterocycles. The maximum atomic E-state index is 11.3. The van der Waals surface area contributed by atoms with Crippen LogP contribution in [0, 0.1) is 0 Å². The van der Waals surface area contributed by atoms with E-state index in [1.54, 1.807) is 0 Å². The van der Waals surface area contributed by atoms with Gasteiger partial charge in [-0.15, -0.1) is 0 Å². The Morgan fingerprint density at radius 3 is 1.98 bits per heavy atom. The smallest absolute Gasteiger partial charge is 0.187 e. The second-order valence-electron chi connectivity index (χ2n) is 11.4. The SMILES string of the molecule is NC[C@@H]1O[C@H](O[C@@H]2[C@@H](O)[C@@H]3OC4[C@@H](O)[C@H](N)C[C@H](N)[C@H]4O[C@H]4O[C@H](CN)[C@@H](O)[C@H](O)[C@H]4NC[C@H]2O3)[C@H](N)[C@@H](O)[C@@H]1O. The second-order valence-corrected chi connectivity index (χ2v) is 11.4. The Kier molecular flexibility index (Phi) is 9.83. The average molecular weight is 597 g/mol. The first-order valence-corrected chi connectivity index (χ1v) is 13.9. The van der Waals surface area contributed by atoms with E-state index in [-0.39, 0.29) is 26.1 Å². The zero-order valence-corrected chi connectivity index (χ0v) is 22.3. The number of hydrogen-bond donors (Lipinski definition) is 12. The predicted octanol–water partition coefficient (Wildman–Crippen LogP) is -8.24. The van der Waals surface area contributed by atoms with Crippen molar-refractivity contribution in [3.05, 3.63) is 0 Å². The molecule has 0 spiro atoms. The zero-order chi connectivity index (χ0) is 29.7. The maximum Gasteiger partial charge on any atom is 0.187 e. The molecule has 1 saturated carbocycles. The monoisotopic (exact) mass is 596 g/mol. The molecule has 1 aliphatic carbocycles. The van der Waals surface area contributed by atoms with Gasteiger partial charge in [0.1, 0.15) is 67.1 Å². The Morgan fingerprint density at radius 1 is 0.659 bits per heavy atom. The molecular formula is C23H44N6O12. The van der Waals surface area contributed by atoms with Crippen molar-refractivity contribution in [3.63, 3.8) is 0 Å². The molecule has 18 heteroatoms. The third-order valence-electron chi connectivity index (χ3n) is 8.70. The van der Waals surface area contributed by atoms with Gasteiger partial charge in [0.05, 0.1) is 18.2 Å². The van der Waals surface area contributed by atoms with Crippen molar-refractivity contribution in [3.8, 4) is 0 Å². The molecule has 0 amide bonds. The molecule has 19 atom stereocenters. The van der Waals surface area contributed by atoms with Gasteiger partial charge in [0, 0.05) is 31.7 Å². The van der Waals surface area contributed by atoms with Gasteiger partial charge in [0.25, 0.3) is 0 Å². The minimum Gasteiger partial charge on any atom is -0.389 e. The van der Waals surface area contributed by atoms with Crippen LogP contribution in [0.15, 0.2) is 0 Å². The Labute approximate surface area is 235 Å². The first-order chi connectivity index (χ1) is 19.5. The molecule has 5 fully saturated rings. The molecule has 5 rings (SSSR count). The summed E-state index contributed by atoms with van der Waals surface area (Å²) < 4.78 is 35.8. The number of nitrogens with two attached hydrogens (primary N) is 5. The fourth-order valence-corrected chi connectivity index (χ4v) is 6.20. The predicted molar refractivity (Wildman–Crippen MR) is 135 cm³/mol. The highest BCUT2D eigenvalue weighted by Gasteiger charge is 2.55. The molecule has 1 unspecified atom stereocenters. The van der Waals surface area contributed by atoms with Crippen LogP contribution >= 0.6 is 0 Å². The van der Waals surface area contributed by atoms with Crippen LogP contribution in [0.25, 0.3) is 0 Å². The lowest BCUT2D eigenvalue weighted by Crippen LogP contribution is -2.69. The minimum atomic E-state index is -1.48. The summed E-state index contributed by atoms with van der Waals surface area (Å²) in [5, 5.41) is 67.5. The van der Waals surface area contributed by atoms with E-state index in [4.69, 9.17) is 57.1 Å². The van der Waals surface area contributed by atoms with Crippen LogP contribution in [-0.2, 0) is 28.4 Å². The standard InChI is InChI=1S/C23H44N6O12/c24-2-7-13(31)15(33)10(28)21(36-7)40-19-9-4-29-11-16(34)14(32)8(3-25)37-22(11)39-18-6(27)1-5(26)12(30)20(18)41-23(38-9)17(19)35/h5-23,29-35H,1-4,24-28H2/t5-,6+,7+,8-,9-,10-,11-,12+,13-,14-,15-,16-,17-,18-,19+,20?,21-,22-,23+/m1/s1. The molecule has 238 valence electrons. The Bertz CT molecular complexity index is 883. The normalized spacial score (nSPS) is 56.4. The Morgan fingerprint density at radius 2 is 1.29 bits per heavy atom. The van der Waals surface area contributed by atoms with Crippen molar-refractivity contribution in [2.75, 3.05) is 19.6 Å². The van der Waals surface area contributed by atoms with Crippen molar-refractivity contribution in [2.45, 2.75) is 123 Å². The summed E-state index contributed by atoms with van der Waals surface area (Å²) in [6, 6.07) is -3.79. The molecule has 18 nitrogen and oxygen atoms in total. The van der Waals surface area contributed by atoms with Crippen molar-refractivity contribution >= 4 is 0 Å². The van der Waals surface area contributed by atoms with Gasteiger partial charge in [-0.1, -0.05) is 0 Å². The lowest BCUT2D eigenvalue weighted by Gasteiger charge is -2.48. The number of hydrogen-bond acceptors (Lipinski definition) is 18. The highest BCUT2D eigenvalue weighted by atomic mass is 16.8. The van der Waals surface area contributed by atoms with Gasteiger partial charge < -0.3 is 93.0 Å². The third kappa shape index (κ3) is 5.89. The van der Waals surface area contributed by atoms with E-state index >= 15 is 0 Å². The Balaban J connectivity index is 1.44. The van der Waals surface area contributed by atoms with Gasteiger partial charge in [-0.2, -0.15) is 0 Å². The average Bonchev–Trinajstić information content (AvgIpc) is 3.22. The number of nitrogens with one attached hydrogen (secondary N) is 1. The molecule has 41 heavy (non-hydrogen) atoms. The maximum absolute atomic E-state index is 11.3. The summed E-state index contributed by atoms with van der Waals surface area (Å²) in [6.07, 6.45) is -18.4. The molecule has 2 bridgehead atoms. The van der Waals surface area contributed by atoms with E-state index in [9.17, 15) is 30.6 Å². The van der Waals surface area contributed by atoms with Crippen molar-refractivity contribution in [1.29, 1.82) is 0 Å². The topological polar surface area (TPSA) is 319 Å². The number of ether oxygens (including phenoxy) is 6. The fraction of sp³-hybridized carbons (Fsp3) is 1.00. The lowest BCUT2D eigenvalue weighted by molar-refractivity contribution is -0.307. The van der Waals surface area contributed by atoms with Crippen LogP contribution in [0.2, 0.25) is 0 Å². The zero-order valence-electron chi connectivity index (χ0n) is 22.3. The van der Waals surface area contributed by atoms with E-state index in [0.29, 0.717) is 0 Å². The van der Waals surface area contributed by atoms with Crippen molar-refractivity contribution < 1.29 is 59.1 Å². The van der Waals surface area contributed by atoms with E-state index in [1.807, 2.05) is 0 Å². The molecular weight excluding hydrogens is 552 g/mol. The quantitative estimate of drug-likeness (QED) is 0.143. The van der Waals surface area contributed by atoms with Crippen molar-refractivity contribution in [2.24, 2.45) is 28.7 Å². The van der Waals surface area contributed by atoms with Crippen LogP contribution in [0.3, 0.4) is 0 Å². The van der Waals surface area contributed by atoms with Crippen LogP contribution in [0.5, 0.6) is 0 Å². The summed E-state index contributed by atoms with van der Waals surface area (Å²) >= 11 is 0. The highest BCUT2D eigenvalue weighted by molar-refractivity contribution is 5.03. The minimum absolute atomic E-state index is 0.0938. The largest absolute Gasteiger partial charge is 0.389 e. The molecule has 0 aromatic rings. The number of rotatable bonds is 4. The highest BCUT2D eigenvalue weighted by Crippen LogP contribution is 2.35. The van der Waals surface area contributed by atoms with Gasteiger partial charge in [-0.3, -0.25) is 0 Å². The van der Waals surface area contributed by atoms with E-state index in [0.717, 1.165) is 0 Å². The molecule has 0 aromatic carbocycles. The molecule has 17 N–H and O–H groups in total.